The lowest BCUT2D eigenvalue weighted by molar-refractivity contribution is -0.107. The maximum absolute atomic E-state index is 10.1. The molecule has 0 aromatic heterocycles. The molecule has 0 spiro atoms. The second-order valence-electron chi connectivity index (χ2n) is 3.21. The molecule has 0 aliphatic carbocycles. The third-order valence-electron chi connectivity index (χ3n) is 2.11. The molecule has 78 valence electrons. The van der Waals surface area contributed by atoms with Gasteiger partial charge in [-0.25, -0.2) is 0 Å². The van der Waals surface area contributed by atoms with Crippen LogP contribution >= 0.6 is 0 Å². The van der Waals surface area contributed by atoms with E-state index in [-0.39, 0.29) is 0 Å². The lowest BCUT2D eigenvalue weighted by Gasteiger charge is -2.18. The fraction of sp³-hybridized carbons (Fsp3) is 0.250. The summed E-state index contributed by atoms with van der Waals surface area (Å²) in [5.41, 5.74) is 1.01. The van der Waals surface area contributed by atoms with Gasteiger partial charge in [-0.15, -0.1) is 0 Å². The van der Waals surface area contributed by atoms with Crippen LogP contribution in [0.5, 0.6) is 11.5 Å². The van der Waals surface area contributed by atoms with Gasteiger partial charge in [-0.1, -0.05) is 18.2 Å². The highest BCUT2D eigenvalue weighted by Crippen LogP contribution is 2.30. The molecular formula is C12H12O3. The number of fused-ring (bicyclic) bond motifs is 1. The molecule has 3 nitrogen and oxygen atoms in total. The average molecular weight is 204 g/mol. The predicted octanol–water partition coefficient (Wildman–Crippen LogP) is 2.06. The molecule has 0 fully saturated rings. The number of hydrogen-bond donors (Lipinski definition) is 0. The Hall–Kier alpha value is -1.77. The Bertz CT molecular complexity index is 382. The topological polar surface area (TPSA) is 35.5 Å². The smallest absolute Gasteiger partial charge is 0.161 e. The third-order valence-corrected chi connectivity index (χ3v) is 2.11. The molecule has 2 rings (SSSR count). The molecule has 0 bridgehead atoms. The molecule has 3 heteroatoms. The van der Waals surface area contributed by atoms with Crippen molar-refractivity contribution in [2.24, 2.45) is 0 Å². The van der Waals surface area contributed by atoms with Gasteiger partial charge in [-0.05, 0) is 17.7 Å². The van der Waals surface area contributed by atoms with Crippen molar-refractivity contribution >= 4 is 12.4 Å². The summed E-state index contributed by atoms with van der Waals surface area (Å²) < 4.78 is 10.8. The maximum Gasteiger partial charge on any atom is 0.161 e. The zero-order valence-electron chi connectivity index (χ0n) is 8.31. The van der Waals surface area contributed by atoms with Crippen LogP contribution in [0.15, 0.2) is 24.3 Å². The Kier molecular flexibility index (Phi) is 3.02. The SMILES string of the molecule is O=CCC=Cc1ccc2c(c1)OCCO2. The second-order valence-corrected chi connectivity index (χ2v) is 3.21. The average Bonchev–Trinajstić information content (AvgIpc) is 2.29. The minimum atomic E-state index is 0.439. The van der Waals surface area contributed by atoms with Crippen molar-refractivity contribution in [3.8, 4) is 11.5 Å². The largest absolute Gasteiger partial charge is 0.486 e. The van der Waals surface area contributed by atoms with Crippen LogP contribution in [-0.2, 0) is 4.79 Å². The molecule has 0 atom stereocenters. The van der Waals surface area contributed by atoms with Gasteiger partial charge in [0.2, 0.25) is 0 Å². The first-order chi connectivity index (χ1) is 7.40. The van der Waals surface area contributed by atoms with Gasteiger partial charge in [-0.2, -0.15) is 0 Å². The molecular weight excluding hydrogens is 192 g/mol. The van der Waals surface area contributed by atoms with E-state index in [9.17, 15) is 4.79 Å². The minimum absolute atomic E-state index is 0.439. The first kappa shape index (κ1) is 9.77. The number of aldehydes is 1. The predicted molar refractivity (Wildman–Crippen MR) is 57.1 cm³/mol. The van der Waals surface area contributed by atoms with Crippen LogP contribution in [0.1, 0.15) is 12.0 Å². The van der Waals surface area contributed by atoms with Crippen molar-refractivity contribution in [1.29, 1.82) is 0 Å². The molecule has 0 radical (unpaired) electrons. The van der Waals surface area contributed by atoms with E-state index in [4.69, 9.17) is 9.47 Å². The first-order valence-corrected chi connectivity index (χ1v) is 4.90. The highest BCUT2D eigenvalue weighted by atomic mass is 16.6. The zero-order valence-corrected chi connectivity index (χ0v) is 8.31. The summed E-state index contributed by atoms with van der Waals surface area (Å²) in [7, 11) is 0. The summed E-state index contributed by atoms with van der Waals surface area (Å²) in [6.45, 7) is 1.20. The Balaban J connectivity index is 2.16. The van der Waals surface area contributed by atoms with Crippen LogP contribution in [-0.4, -0.2) is 19.5 Å². The summed E-state index contributed by atoms with van der Waals surface area (Å²) in [6.07, 6.45) is 5.02. The van der Waals surface area contributed by atoms with Crippen molar-refractivity contribution in [3.05, 3.63) is 29.8 Å². The number of carbonyl (C=O) groups excluding carboxylic acids is 1. The Labute approximate surface area is 88.3 Å². The van der Waals surface area contributed by atoms with Gasteiger partial charge in [0.25, 0.3) is 0 Å². The highest BCUT2D eigenvalue weighted by Gasteiger charge is 2.10. The van der Waals surface area contributed by atoms with Gasteiger partial charge in [0.15, 0.2) is 11.5 Å². The number of benzene rings is 1. The number of ether oxygens (including phenoxy) is 2. The third kappa shape index (κ3) is 2.37. The number of hydrogen-bond acceptors (Lipinski definition) is 3. The molecule has 1 aromatic rings. The first-order valence-electron chi connectivity index (χ1n) is 4.90. The van der Waals surface area contributed by atoms with E-state index in [1.807, 2.05) is 30.4 Å². The number of allylic oxidation sites excluding steroid dienone is 1. The van der Waals surface area contributed by atoms with Gasteiger partial charge in [0.05, 0.1) is 0 Å². The zero-order chi connectivity index (χ0) is 10.5. The molecule has 0 N–H and O–H groups in total. The van der Waals surface area contributed by atoms with E-state index in [2.05, 4.69) is 0 Å². The van der Waals surface area contributed by atoms with Gasteiger partial charge < -0.3 is 14.3 Å². The van der Waals surface area contributed by atoms with Crippen LogP contribution < -0.4 is 9.47 Å². The van der Waals surface area contributed by atoms with E-state index in [0.29, 0.717) is 19.6 Å². The van der Waals surface area contributed by atoms with Crippen LogP contribution in [0.3, 0.4) is 0 Å². The number of rotatable bonds is 3. The van der Waals surface area contributed by atoms with E-state index in [1.165, 1.54) is 0 Å². The van der Waals surface area contributed by atoms with Gasteiger partial charge in [-0.3, -0.25) is 0 Å². The lowest BCUT2D eigenvalue weighted by Crippen LogP contribution is -2.15. The minimum Gasteiger partial charge on any atom is -0.486 e. The van der Waals surface area contributed by atoms with Gasteiger partial charge in [0, 0.05) is 6.42 Å². The molecule has 1 aliphatic rings. The molecule has 0 saturated carbocycles. The Morgan fingerprint density at radius 2 is 2.00 bits per heavy atom. The molecule has 0 amide bonds. The standard InChI is InChI=1S/C12H12O3/c13-6-2-1-3-10-4-5-11-12(9-10)15-8-7-14-11/h1,3-6,9H,2,7-8H2. The van der Waals surface area contributed by atoms with Crippen molar-refractivity contribution in [2.45, 2.75) is 6.42 Å². The summed E-state index contributed by atoms with van der Waals surface area (Å²) in [5.74, 6) is 1.56. The normalized spacial score (nSPS) is 14.1. The van der Waals surface area contributed by atoms with Crippen molar-refractivity contribution in [2.75, 3.05) is 13.2 Å². The maximum atomic E-state index is 10.1. The Morgan fingerprint density at radius 3 is 2.80 bits per heavy atom. The van der Waals surface area contributed by atoms with Crippen molar-refractivity contribution < 1.29 is 14.3 Å². The fourth-order valence-corrected chi connectivity index (χ4v) is 1.42. The quantitative estimate of drug-likeness (QED) is 0.707. The fourth-order valence-electron chi connectivity index (χ4n) is 1.42. The van der Waals surface area contributed by atoms with Crippen molar-refractivity contribution in [1.82, 2.24) is 0 Å². The van der Waals surface area contributed by atoms with Crippen molar-refractivity contribution in [3.63, 3.8) is 0 Å². The van der Waals surface area contributed by atoms with Crippen LogP contribution in [0, 0.1) is 0 Å². The Morgan fingerprint density at radius 1 is 1.20 bits per heavy atom. The molecule has 0 saturated heterocycles. The van der Waals surface area contributed by atoms with Crippen LogP contribution in [0.4, 0.5) is 0 Å². The summed E-state index contributed by atoms with van der Waals surface area (Å²) >= 11 is 0. The van der Waals surface area contributed by atoms with Gasteiger partial charge in [0.1, 0.15) is 19.5 Å². The molecule has 1 aromatic carbocycles. The summed E-state index contributed by atoms with van der Waals surface area (Å²) in [5, 5.41) is 0. The van der Waals surface area contributed by atoms with E-state index in [0.717, 1.165) is 23.3 Å². The second kappa shape index (κ2) is 4.64. The van der Waals surface area contributed by atoms with Gasteiger partial charge >= 0.3 is 0 Å². The lowest BCUT2D eigenvalue weighted by atomic mass is 10.1. The van der Waals surface area contributed by atoms with Crippen LogP contribution in [0.2, 0.25) is 0 Å². The molecule has 0 unspecified atom stereocenters. The summed E-state index contributed by atoms with van der Waals surface area (Å²) in [4.78, 5) is 10.1. The van der Waals surface area contributed by atoms with Crippen LogP contribution in [0.25, 0.3) is 6.08 Å². The van der Waals surface area contributed by atoms with E-state index >= 15 is 0 Å². The monoisotopic (exact) mass is 204 g/mol. The highest BCUT2D eigenvalue weighted by molar-refractivity contribution is 5.60. The van der Waals surface area contributed by atoms with E-state index < -0.39 is 0 Å². The molecule has 1 aliphatic heterocycles. The number of carbonyl (C=O) groups is 1. The van der Waals surface area contributed by atoms with E-state index in [1.54, 1.807) is 0 Å². The summed E-state index contributed by atoms with van der Waals surface area (Å²) in [6, 6.07) is 5.74. The molecule has 1 heterocycles. The molecule has 15 heavy (non-hydrogen) atoms.